The summed E-state index contributed by atoms with van der Waals surface area (Å²) in [6.07, 6.45) is -4.06. The molecule has 1 saturated carbocycles. The molecular formula is C12H11F4NO2. The first-order valence-electron chi connectivity index (χ1n) is 5.54. The van der Waals surface area contributed by atoms with Crippen molar-refractivity contribution in [2.24, 2.45) is 5.73 Å². The van der Waals surface area contributed by atoms with Gasteiger partial charge in [-0.1, -0.05) is 6.07 Å². The number of carboxylic acids is 1. The Hall–Kier alpha value is -1.63. The Morgan fingerprint density at radius 3 is 2.37 bits per heavy atom. The zero-order chi connectivity index (χ0) is 14.4. The molecule has 1 fully saturated rings. The number of carboxylic acid groups (broad SMARTS) is 1. The van der Waals surface area contributed by atoms with Gasteiger partial charge in [0, 0.05) is 5.41 Å². The number of hydrogen-bond acceptors (Lipinski definition) is 2. The number of halogens is 4. The highest BCUT2D eigenvalue weighted by atomic mass is 19.4. The Bertz CT molecular complexity index is 523. The first-order valence-corrected chi connectivity index (χ1v) is 5.54. The maximum atomic E-state index is 13.2. The molecule has 1 aliphatic rings. The number of carbonyl (C=O) groups is 1. The quantitative estimate of drug-likeness (QED) is 0.833. The van der Waals surface area contributed by atoms with Crippen LogP contribution in [-0.4, -0.2) is 17.1 Å². The molecule has 1 aliphatic carbocycles. The summed E-state index contributed by atoms with van der Waals surface area (Å²) < 4.78 is 51.0. The first kappa shape index (κ1) is 13.8. The van der Waals surface area contributed by atoms with Crippen molar-refractivity contribution in [3.05, 3.63) is 35.1 Å². The molecule has 0 heterocycles. The fourth-order valence-electron chi connectivity index (χ4n) is 2.20. The summed E-state index contributed by atoms with van der Waals surface area (Å²) in [5, 5.41) is 8.88. The Kier molecular flexibility index (Phi) is 3.04. The summed E-state index contributed by atoms with van der Waals surface area (Å²) in [4.78, 5) is 10.9. The van der Waals surface area contributed by atoms with Gasteiger partial charge in [0.25, 0.3) is 0 Å². The van der Waals surface area contributed by atoms with Gasteiger partial charge in [-0.3, -0.25) is 4.79 Å². The summed E-state index contributed by atoms with van der Waals surface area (Å²) in [5.41, 5.74) is 3.22. The highest BCUT2D eigenvalue weighted by molar-refractivity contribution is 5.77. The minimum atomic E-state index is -4.82. The van der Waals surface area contributed by atoms with E-state index in [0.717, 1.165) is 0 Å². The molecule has 1 unspecified atom stereocenters. The number of benzene rings is 1. The normalized spacial score (nSPS) is 19.0. The molecule has 0 spiro atoms. The average Bonchev–Trinajstić information content (AvgIpc) is 3.08. The predicted molar refractivity (Wildman–Crippen MR) is 57.9 cm³/mol. The summed E-state index contributed by atoms with van der Waals surface area (Å²) in [7, 11) is 0. The van der Waals surface area contributed by atoms with Crippen molar-refractivity contribution < 1.29 is 27.5 Å². The maximum Gasteiger partial charge on any atom is 0.419 e. The van der Waals surface area contributed by atoms with Crippen LogP contribution in [0.1, 0.15) is 24.0 Å². The number of hydrogen-bond donors (Lipinski definition) is 2. The fraction of sp³-hybridized carbons (Fsp3) is 0.417. The first-order chi connectivity index (χ1) is 8.68. The van der Waals surface area contributed by atoms with E-state index < -0.39 is 35.0 Å². The van der Waals surface area contributed by atoms with Crippen molar-refractivity contribution in [2.75, 3.05) is 0 Å². The molecule has 0 saturated heterocycles. The van der Waals surface area contributed by atoms with Gasteiger partial charge < -0.3 is 10.8 Å². The SMILES string of the molecule is NC(C(=O)O)C1(c2ccc(F)c(C(F)(F)F)c2)CC1. The van der Waals surface area contributed by atoms with Crippen LogP contribution in [0.4, 0.5) is 17.6 Å². The van der Waals surface area contributed by atoms with Gasteiger partial charge in [0.1, 0.15) is 11.9 Å². The number of alkyl halides is 3. The van der Waals surface area contributed by atoms with Crippen LogP contribution >= 0.6 is 0 Å². The van der Waals surface area contributed by atoms with Gasteiger partial charge in [-0.15, -0.1) is 0 Å². The largest absolute Gasteiger partial charge is 0.480 e. The fourth-order valence-corrected chi connectivity index (χ4v) is 2.20. The van der Waals surface area contributed by atoms with Crippen molar-refractivity contribution in [3.8, 4) is 0 Å². The summed E-state index contributed by atoms with van der Waals surface area (Å²) in [5.74, 6) is -2.66. The molecule has 3 N–H and O–H groups in total. The lowest BCUT2D eigenvalue weighted by Gasteiger charge is -2.21. The van der Waals surface area contributed by atoms with Gasteiger partial charge in [0.2, 0.25) is 0 Å². The Labute approximate surface area is 106 Å². The lowest BCUT2D eigenvalue weighted by atomic mass is 9.87. The molecule has 104 valence electrons. The van der Waals surface area contributed by atoms with Crippen molar-refractivity contribution in [3.63, 3.8) is 0 Å². The Morgan fingerprint density at radius 1 is 1.37 bits per heavy atom. The molecular weight excluding hydrogens is 266 g/mol. The van der Waals surface area contributed by atoms with E-state index in [-0.39, 0.29) is 5.56 Å². The zero-order valence-corrected chi connectivity index (χ0v) is 9.67. The van der Waals surface area contributed by atoms with Crippen LogP contribution in [0.5, 0.6) is 0 Å². The van der Waals surface area contributed by atoms with Crippen LogP contribution in [0.25, 0.3) is 0 Å². The van der Waals surface area contributed by atoms with Crippen molar-refractivity contribution in [1.82, 2.24) is 0 Å². The van der Waals surface area contributed by atoms with Crippen LogP contribution in [0.15, 0.2) is 18.2 Å². The molecule has 19 heavy (non-hydrogen) atoms. The predicted octanol–water partition coefficient (Wildman–Crippen LogP) is 2.29. The molecule has 1 aromatic rings. The molecule has 0 amide bonds. The molecule has 3 nitrogen and oxygen atoms in total. The average molecular weight is 277 g/mol. The van der Waals surface area contributed by atoms with Crippen molar-refractivity contribution in [1.29, 1.82) is 0 Å². The van der Waals surface area contributed by atoms with E-state index in [1.54, 1.807) is 0 Å². The molecule has 1 aromatic carbocycles. The Balaban J connectivity index is 2.45. The lowest BCUT2D eigenvalue weighted by molar-refractivity contribution is -0.140. The third-order valence-corrected chi connectivity index (χ3v) is 3.50. The smallest absolute Gasteiger partial charge is 0.419 e. The van der Waals surface area contributed by atoms with Gasteiger partial charge in [-0.05, 0) is 30.5 Å². The van der Waals surface area contributed by atoms with Gasteiger partial charge in [0.15, 0.2) is 0 Å². The highest BCUT2D eigenvalue weighted by Gasteiger charge is 2.53. The third kappa shape index (κ3) is 2.30. The summed E-state index contributed by atoms with van der Waals surface area (Å²) >= 11 is 0. The molecule has 0 bridgehead atoms. The second-order valence-electron chi connectivity index (χ2n) is 4.66. The Morgan fingerprint density at radius 2 is 1.95 bits per heavy atom. The van der Waals surface area contributed by atoms with Crippen LogP contribution < -0.4 is 5.73 Å². The molecule has 0 aliphatic heterocycles. The van der Waals surface area contributed by atoms with Crippen LogP contribution in [0.2, 0.25) is 0 Å². The van der Waals surface area contributed by atoms with E-state index in [2.05, 4.69) is 0 Å². The van der Waals surface area contributed by atoms with Crippen LogP contribution in [0.3, 0.4) is 0 Å². The van der Waals surface area contributed by atoms with E-state index >= 15 is 0 Å². The van der Waals surface area contributed by atoms with Crippen molar-refractivity contribution in [2.45, 2.75) is 30.5 Å². The zero-order valence-electron chi connectivity index (χ0n) is 9.67. The monoisotopic (exact) mass is 277 g/mol. The number of aliphatic carboxylic acids is 1. The molecule has 7 heteroatoms. The lowest BCUT2D eigenvalue weighted by Crippen LogP contribution is -2.42. The minimum absolute atomic E-state index is 0.121. The summed E-state index contributed by atoms with van der Waals surface area (Å²) in [6, 6.07) is 1.23. The van der Waals surface area contributed by atoms with Crippen LogP contribution in [-0.2, 0) is 16.4 Å². The van der Waals surface area contributed by atoms with Crippen molar-refractivity contribution >= 4 is 5.97 Å². The standard InChI is InChI=1S/C12H11F4NO2/c13-8-2-1-6(5-7(8)12(14,15)16)11(3-4-11)9(17)10(18)19/h1-2,5,9H,3-4,17H2,(H,18,19). The van der Waals surface area contributed by atoms with Gasteiger partial charge in [0.05, 0.1) is 5.56 Å². The highest BCUT2D eigenvalue weighted by Crippen LogP contribution is 2.51. The topological polar surface area (TPSA) is 63.3 Å². The number of nitrogens with two attached hydrogens (primary N) is 1. The molecule has 0 radical (unpaired) electrons. The van der Waals surface area contributed by atoms with Gasteiger partial charge in [-0.25, -0.2) is 4.39 Å². The van der Waals surface area contributed by atoms with E-state index in [1.807, 2.05) is 0 Å². The number of rotatable bonds is 3. The van der Waals surface area contributed by atoms with E-state index in [4.69, 9.17) is 10.8 Å². The molecule has 1 atom stereocenters. The summed E-state index contributed by atoms with van der Waals surface area (Å²) in [6.45, 7) is 0. The third-order valence-electron chi connectivity index (χ3n) is 3.50. The van der Waals surface area contributed by atoms with E-state index in [1.165, 1.54) is 6.07 Å². The van der Waals surface area contributed by atoms with Crippen LogP contribution in [0, 0.1) is 5.82 Å². The molecule has 2 rings (SSSR count). The maximum absolute atomic E-state index is 13.2. The second-order valence-corrected chi connectivity index (χ2v) is 4.66. The molecule has 0 aromatic heterocycles. The van der Waals surface area contributed by atoms with Gasteiger partial charge in [-0.2, -0.15) is 13.2 Å². The minimum Gasteiger partial charge on any atom is -0.480 e. The van der Waals surface area contributed by atoms with E-state index in [9.17, 15) is 22.4 Å². The van der Waals surface area contributed by atoms with E-state index in [0.29, 0.717) is 25.0 Å². The second kappa shape index (κ2) is 4.19. The van der Waals surface area contributed by atoms with Gasteiger partial charge >= 0.3 is 12.1 Å².